The van der Waals surface area contributed by atoms with Crippen LogP contribution >= 0.6 is 11.3 Å². The molecule has 0 spiro atoms. The zero-order valence-corrected chi connectivity index (χ0v) is 13.6. The lowest BCUT2D eigenvalue weighted by Crippen LogP contribution is -2.14. The number of nitriles is 1. The van der Waals surface area contributed by atoms with Crippen molar-refractivity contribution in [2.24, 2.45) is 0 Å². The van der Waals surface area contributed by atoms with Crippen LogP contribution in [-0.2, 0) is 0 Å². The molecule has 0 bridgehead atoms. The van der Waals surface area contributed by atoms with Crippen molar-refractivity contribution >= 4 is 17.1 Å². The van der Waals surface area contributed by atoms with E-state index in [1.165, 1.54) is 17.5 Å². The Hall–Kier alpha value is -2.26. The van der Waals surface area contributed by atoms with Gasteiger partial charge in [-0.15, -0.1) is 11.3 Å². The van der Waals surface area contributed by atoms with Gasteiger partial charge in [0.2, 0.25) is 5.88 Å². The Labute approximate surface area is 133 Å². The predicted molar refractivity (Wildman–Crippen MR) is 84.2 cm³/mol. The molecule has 2 aromatic heterocycles. The van der Waals surface area contributed by atoms with Crippen LogP contribution in [0.4, 0.5) is 0 Å². The van der Waals surface area contributed by atoms with Gasteiger partial charge < -0.3 is 4.74 Å². The quantitative estimate of drug-likeness (QED) is 0.762. The summed E-state index contributed by atoms with van der Waals surface area (Å²) in [4.78, 5) is 20.9. The van der Waals surface area contributed by atoms with Crippen LogP contribution in [0.5, 0.6) is 5.88 Å². The zero-order valence-electron chi connectivity index (χ0n) is 12.7. The van der Waals surface area contributed by atoms with E-state index in [4.69, 9.17) is 4.74 Å². The van der Waals surface area contributed by atoms with Gasteiger partial charge in [-0.05, 0) is 26.3 Å². The fourth-order valence-electron chi connectivity index (χ4n) is 1.81. The number of hydrogen-bond acceptors (Lipinski definition) is 6. The van der Waals surface area contributed by atoms with Gasteiger partial charge in [-0.1, -0.05) is 6.92 Å². The highest BCUT2D eigenvalue weighted by Crippen LogP contribution is 2.25. The molecule has 0 aliphatic rings. The number of ether oxygens (including phenoxy) is 1. The maximum Gasteiger partial charge on any atom is 0.214 e. The minimum Gasteiger partial charge on any atom is -0.475 e. The first kappa shape index (κ1) is 16.1. The minimum atomic E-state index is -0.891. The number of pyridine rings is 1. The molecular formula is C16H17N3O2S. The molecule has 0 radical (unpaired) electrons. The second-order valence-corrected chi connectivity index (χ2v) is 5.86. The predicted octanol–water partition coefficient (Wildman–Crippen LogP) is 3.51. The molecule has 2 atom stereocenters. The summed E-state index contributed by atoms with van der Waals surface area (Å²) in [6.45, 7) is 5.78. The van der Waals surface area contributed by atoms with E-state index < -0.39 is 5.92 Å². The number of ketones is 1. The Balaban J connectivity index is 2.25. The standard InChI is InChI=1S/C16H17N3O2S/c1-4-11(3)21-14-7-12(5-6-18-14)15(20)13(8-17)16-19-10(2)9-22-16/h5-7,9,11,13H,4H2,1-3H3. The molecule has 0 aliphatic heterocycles. The zero-order chi connectivity index (χ0) is 16.1. The fraction of sp³-hybridized carbons (Fsp3) is 0.375. The molecule has 22 heavy (non-hydrogen) atoms. The van der Waals surface area contributed by atoms with Crippen LogP contribution in [0.1, 0.15) is 47.2 Å². The van der Waals surface area contributed by atoms with Crippen molar-refractivity contribution in [3.63, 3.8) is 0 Å². The van der Waals surface area contributed by atoms with E-state index in [1.807, 2.05) is 32.2 Å². The minimum absolute atomic E-state index is 0.0197. The maximum atomic E-state index is 12.6. The number of Topliss-reactive ketones (excluding diaryl/α,β-unsaturated/α-hetero) is 1. The monoisotopic (exact) mass is 315 g/mol. The lowest BCUT2D eigenvalue weighted by molar-refractivity contribution is 0.0977. The Kier molecular flexibility index (Phi) is 5.23. The number of aryl methyl sites for hydroxylation is 1. The van der Waals surface area contributed by atoms with Crippen molar-refractivity contribution in [2.45, 2.75) is 39.2 Å². The topological polar surface area (TPSA) is 75.9 Å². The third kappa shape index (κ3) is 3.68. The molecule has 0 saturated heterocycles. The summed E-state index contributed by atoms with van der Waals surface area (Å²) >= 11 is 1.32. The van der Waals surface area contributed by atoms with Gasteiger partial charge in [-0.25, -0.2) is 9.97 Å². The van der Waals surface area contributed by atoms with Crippen LogP contribution in [0.3, 0.4) is 0 Å². The van der Waals surface area contributed by atoms with Gasteiger partial charge in [-0.3, -0.25) is 4.79 Å². The normalized spacial score (nSPS) is 13.2. The molecule has 0 aromatic carbocycles. The molecule has 114 valence electrons. The van der Waals surface area contributed by atoms with Crippen LogP contribution in [0.2, 0.25) is 0 Å². The first-order chi connectivity index (χ1) is 10.5. The van der Waals surface area contributed by atoms with Gasteiger partial charge in [0.25, 0.3) is 0 Å². The third-order valence-corrected chi connectivity index (χ3v) is 4.22. The number of rotatable bonds is 6. The van der Waals surface area contributed by atoms with Crippen molar-refractivity contribution in [3.8, 4) is 11.9 Å². The summed E-state index contributed by atoms with van der Waals surface area (Å²) in [5.41, 5.74) is 1.22. The Bertz CT molecular complexity index is 705. The maximum absolute atomic E-state index is 12.6. The van der Waals surface area contributed by atoms with Crippen molar-refractivity contribution in [1.82, 2.24) is 9.97 Å². The Morgan fingerprint density at radius 1 is 1.55 bits per heavy atom. The van der Waals surface area contributed by atoms with Crippen molar-refractivity contribution in [2.75, 3.05) is 0 Å². The molecule has 2 rings (SSSR count). The largest absolute Gasteiger partial charge is 0.475 e. The van der Waals surface area contributed by atoms with Gasteiger partial charge in [0.15, 0.2) is 11.7 Å². The molecule has 0 fully saturated rings. The molecule has 6 heteroatoms. The molecular weight excluding hydrogens is 298 g/mol. The van der Waals surface area contributed by atoms with Gasteiger partial charge in [0.1, 0.15) is 5.01 Å². The lowest BCUT2D eigenvalue weighted by Gasteiger charge is -2.12. The average Bonchev–Trinajstić information content (AvgIpc) is 2.94. The molecule has 2 heterocycles. The Morgan fingerprint density at radius 3 is 2.91 bits per heavy atom. The van der Waals surface area contributed by atoms with E-state index >= 15 is 0 Å². The van der Waals surface area contributed by atoms with Crippen molar-refractivity contribution < 1.29 is 9.53 Å². The molecule has 0 N–H and O–H groups in total. The lowest BCUT2D eigenvalue weighted by atomic mass is 10.0. The highest BCUT2D eigenvalue weighted by Gasteiger charge is 2.25. The average molecular weight is 315 g/mol. The van der Waals surface area contributed by atoms with Crippen molar-refractivity contribution in [1.29, 1.82) is 5.26 Å². The smallest absolute Gasteiger partial charge is 0.214 e. The number of hydrogen-bond donors (Lipinski definition) is 0. The summed E-state index contributed by atoms with van der Waals surface area (Å²) in [6, 6.07) is 5.21. The van der Waals surface area contributed by atoms with Gasteiger partial charge >= 0.3 is 0 Å². The molecule has 0 saturated carbocycles. The summed E-state index contributed by atoms with van der Waals surface area (Å²) in [7, 11) is 0. The summed E-state index contributed by atoms with van der Waals surface area (Å²) < 4.78 is 5.62. The van der Waals surface area contributed by atoms with Crippen LogP contribution in [0.15, 0.2) is 23.7 Å². The number of nitrogens with zero attached hydrogens (tertiary/aromatic N) is 3. The van der Waals surface area contributed by atoms with Gasteiger partial charge in [0.05, 0.1) is 12.2 Å². The second-order valence-electron chi connectivity index (χ2n) is 4.97. The SMILES string of the molecule is CCC(C)Oc1cc(C(=O)C(C#N)c2nc(C)cs2)ccn1. The molecule has 2 unspecified atom stereocenters. The fourth-order valence-corrected chi connectivity index (χ4v) is 2.65. The first-order valence-corrected chi connectivity index (χ1v) is 7.91. The second kappa shape index (κ2) is 7.14. The summed E-state index contributed by atoms with van der Waals surface area (Å²) in [5, 5.41) is 11.7. The van der Waals surface area contributed by atoms with E-state index in [2.05, 4.69) is 9.97 Å². The van der Waals surface area contributed by atoms with E-state index in [1.54, 1.807) is 12.1 Å². The highest BCUT2D eigenvalue weighted by molar-refractivity contribution is 7.10. The van der Waals surface area contributed by atoms with E-state index in [9.17, 15) is 10.1 Å². The van der Waals surface area contributed by atoms with Crippen LogP contribution in [0.25, 0.3) is 0 Å². The highest BCUT2D eigenvalue weighted by atomic mass is 32.1. The first-order valence-electron chi connectivity index (χ1n) is 7.03. The van der Waals surface area contributed by atoms with Crippen LogP contribution in [0, 0.1) is 18.3 Å². The number of carbonyl (C=O) groups is 1. The molecule has 0 amide bonds. The molecule has 0 aliphatic carbocycles. The number of carbonyl (C=O) groups excluding carboxylic acids is 1. The number of aromatic nitrogens is 2. The van der Waals surface area contributed by atoms with Crippen LogP contribution in [-0.4, -0.2) is 21.9 Å². The van der Waals surface area contributed by atoms with E-state index in [0.717, 1.165) is 12.1 Å². The Morgan fingerprint density at radius 2 is 2.32 bits per heavy atom. The van der Waals surface area contributed by atoms with Crippen LogP contribution < -0.4 is 4.74 Å². The van der Waals surface area contributed by atoms with E-state index in [0.29, 0.717) is 16.5 Å². The summed E-state index contributed by atoms with van der Waals surface area (Å²) in [6.07, 6.45) is 2.39. The van der Waals surface area contributed by atoms with Gasteiger partial charge in [0, 0.05) is 28.9 Å². The third-order valence-electron chi connectivity index (χ3n) is 3.19. The number of thiazole rings is 1. The summed E-state index contributed by atoms with van der Waals surface area (Å²) in [5.74, 6) is -0.780. The van der Waals surface area contributed by atoms with Gasteiger partial charge in [-0.2, -0.15) is 5.26 Å². The molecule has 2 aromatic rings. The van der Waals surface area contributed by atoms with Crippen molar-refractivity contribution in [3.05, 3.63) is 40.0 Å². The molecule has 5 nitrogen and oxygen atoms in total. The van der Waals surface area contributed by atoms with E-state index in [-0.39, 0.29) is 11.9 Å².